The molecule has 1 fully saturated rings. The van der Waals surface area contributed by atoms with Crippen molar-refractivity contribution in [2.45, 2.75) is 18.9 Å². The standard InChI is InChI=1S/C14H15N3O2/c1-19-14(10-7-8-10)13(18)12-9-15-16-17(12)11-5-3-2-4-6-11/h2-6,9-10,14H,7-8H2,1H3. The largest absolute Gasteiger partial charge is 0.373 e. The van der Waals surface area contributed by atoms with E-state index in [0.717, 1.165) is 18.5 Å². The predicted molar refractivity (Wildman–Crippen MR) is 69.2 cm³/mol. The Bertz CT molecular complexity index is 575. The molecule has 5 nitrogen and oxygen atoms in total. The lowest BCUT2D eigenvalue weighted by atomic mass is 10.1. The minimum atomic E-state index is -0.374. The summed E-state index contributed by atoms with van der Waals surface area (Å²) in [6.07, 6.45) is 3.24. The number of rotatable bonds is 5. The van der Waals surface area contributed by atoms with E-state index < -0.39 is 0 Å². The maximum Gasteiger partial charge on any atom is 0.211 e. The topological polar surface area (TPSA) is 57.0 Å². The van der Waals surface area contributed by atoms with Crippen LogP contribution in [0.15, 0.2) is 36.5 Å². The number of carbonyl (C=O) groups excluding carboxylic acids is 1. The van der Waals surface area contributed by atoms with E-state index in [1.807, 2.05) is 30.3 Å². The molecular formula is C14H15N3O2. The number of nitrogens with zero attached hydrogens (tertiary/aromatic N) is 3. The molecular weight excluding hydrogens is 242 g/mol. The Labute approximate surface area is 111 Å². The highest BCUT2D eigenvalue weighted by atomic mass is 16.5. The van der Waals surface area contributed by atoms with Gasteiger partial charge in [0.15, 0.2) is 0 Å². The van der Waals surface area contributed by atoms with Gasteiger partial charge in [0.2, 0.25) is 5.78 Å². The summed E-state index contributed by atoms with van der Waals surface area (Å²) in [4.78, 5) is 12.5. The number of aromatic nitrogens is 3. The van der Waals surface area contributed by atoms with Crippen molar-refractivity contribution in [1.82, 2.24) is 15.0 Å². The zero-order valence-corrected chi connectivity index (χ0v) is 10.7. The number of ether oxygens (including phenoxy) is 1. The summed E-state index contributed by atoms with van der Waals surface area (Å²) in [7, 11) is 1.58. The number of benzene rings is 1. The van der Waals surface area contributed by atoms with E-state index in [9.17, 15) is 4.79 Å². The number of hydrogen-bond acceptors (Lipinski definition) is 4. The Morgan fingerprint density at radius 3 is 2.74 bits per heavy atom. The molecule has 1 aromatic heterocycles. The van der Waals surface area contributed by atoms with E-state index in [1.165, 1.54) is 6.20 Å². The van der Waals surface area contributed by atoms with E-state index >= 15 is 0 Å². The van der Waals surface area contributed by atoms with Gasteiger partial charge in [-0.15, -0.1) is 5.10 Å². The molecule has 3 rings (SSSR count). The molecule has 98 valence electrons. The molecule has 0 bridgehead atoms. The van der Waals surface area contributed by atoms with Crippen LogP contribution in [0.3, 0.4) is 0 Å². The Balaban J connectivity index is 1.93. The average Bonchev–Trinajstić information content (AvgIpc) is 3.16. The Morgan fingerprint density at radius 1 is 1.37 bits per heavy atom. The first kappa shape index (κ1) is 12.0. The van der Waals surface area contributed by atoms with Crippen molar-refractivity contribution in [2.75, 3.05) is 7.11 Å². The summed E-state index contributed by atoms with van der Waals surface area (Å²) in [6, 6.07) is 9.51. The zero-order chi connectivity index (χ0) is 13.2. The van der Waals surface area contributed by atoms with Gasteiger partial charge >= 0.3 is 0 Å². The lowest BCUT2D eigenvalue weighted by Gasteiger charge is -2.13. The fraction of sp³-hybridized carbons (Fsp3) is 0.357. The molecule has 5 heteroatoms. The molecule has 1 unspecified atom stereocenters. The van der Waals surface area contributed by atoms with Crippen molar-refractivity contribution in [1.29, 1.82) is 0 Å². The first-order valence-electron chi connectivity index (χ1n) is 6.34. The van der Waals surface area contributed by atoms with Gasteiger partial charge in [0.1, 0.15) is 11.8 Å². The second-order valence-electron chi connectivity index (χ2n) is 4.72. The van der Waals surface area contributed by atoms with Crippen LogP contribution in [0.2, 0.25) is 0 Å². The van der Waals surface area contributed by atoms with E-state index in [4.69, 9.17) is 4.74 Å². The maximum atomic E-state index is 12.5. The number of carbonyl (C=O) groups is 1. The van der Waals surface area contributed by atoms with Crippen molar-refractivity contribution in [3.8, 4) is 5.69 Å². The molecule has 1 atom stereocenters. The lowest BCUT2D eigenvalue weighted by molar-refractivity contribution is 0.0532. The summed E-state index contributed by atoms with van der Waals surface area (Å²) in [5, 5.41) is 7.85. The zero-order valence-electron chi connectivity index (χ0n) is 10.7. The summed E-state index contributed by atoms with van der Waals surface area (Å²) in [5.74, 6) is 0.301. The molecule has 0 saturated heterocycles. The average molecular weight is 257 g/mol. The van der Waals surface area contributed by atoms with Crippen LogP contribution in [0.1, 0.15) is 23.3 Å². The van der Waals surface area contributed by atoms with Crippen molar-refractivity contribution >= 4 is 5.78 Å². The van der Waals surface area contributed by atoms with Crippen LogP contribution in [0.25, 0.3) is 5.69 Å². The molecule has 1 aliphatic rings. The number of hydrogen-bond donors (Lipinski definition) is 0. The summed E-state index contributed by atoms with van der Waals surface area (Å²) in [5.41, 5.74) is 1.30. The van der Waals surface area contributed by atoms with Crippen LogP contribution >= 0.6 is 0 Å². The van der Waals surface area contributed by atoms with Crippen LogP contribution in [-0.4, -0.2) is 34.0 Å². The summed E-state index contributed by atoms with van der Waals surface area (Å²) < 4.78 is 6.90. The SMILES string of the molecule is COC(C(=O)c1cnnn1-c1ccccc1)C1CC1. The molecule has 2 aromatic rings. The lowest BCUT2D eigenvalue weighted by Crippen LogP contribution is -2.27. The fourth-order valence-electron chi connectivity index (χ4n) is 2.22. The second kappa shape index (κ2) is 4.93. The fourth-order valence-corrected chi connectivity index (χ4v) is 2.22. The summed E-state index contributed by atoms with van der Waals surface area (Å²) in [6.45, 7) is 0. The normalized spacial score (nSPS) is 16.3. The van der Waals surface area contributed by atoms with Crippen molar-refractivity contribution in [3.63, 3.8) is 0 Å². The Kier molecular flexibility index (Phi) is 3.13. The molecule has 1 saturated carbocycles. The van der Waals surface area contributed by atoms with E-state index in [-0.39, 0.29) is 11.9 Å². The Hall–Kier alpha value is -2.01. The van der Waals surface area contributed by atoms with Crippen LogP contribution in [0.5, 0.6) is 0 Å². The molecule has 1 aliphatic carbocycles. The first-order valence-corrected chi connectivity index (χ1v) is 6.34. The number of Topliss-reactive ketones (excluding diaryl/α,β-unsaturated/α-hetero) is 1. The highest BCUT2D eigenvalue weighted by Crippen LogP contribution is 2.35. The monoisotopic (exact) mass is 257 g/mol. The van der Waals surface area contributed by atoms with E-state index in [0.29, 0.717) is 11.6 Å². The number of methoxy groups -OCH3 is 1. The van der Waals surface area contributed by atoms with Crippen LogP contribution in [0.4, 0.5) is 0 Å². The molecule has 0 spiro atoms. The molecule has 1 heterocycles. The van der Waals surface area contributed by atoms with Crippen molar-refractivity contribution in [3.05, 3.63) is 42.2 Å². The number of ketones is 1. The molecule has 0 N–H and O–H groups in total. The molecule has 0 radical (unpaired) electrons. The minimum absolute atomic E-state index is 0.0427. The molecule has 0 aliphatic heterocycles. The molecule has 1 aromatic carbocycles. The van der Waals surface area contributed by atoms with Gasteiger partial charge in [0.05, 0.1) is 11.9 Å². The first-order chi connectivity index (χ1) is 9.31. The molecule has 19 heavy (non-hydrogen) atoms. The minimum Gasteiger partial charge on any atom is -0.373 e. The smallest absolute Gasteiger partial charge is 0.211 e. The van der Waals surface area contributed by atoms with Crippen molar-refractivity contribution in [2.24, 2.45) is 5.92 Å². The van der Waals surface area contributed by atoms with Gasteiger partial charge in [-0.2, -0.15) is 0 Å². The molecule has 0 amide bonds. The van der Waals surface area contributed by atoms with Crippen LogP contribution < -0.4 is 0 Å². The van der Waals surface area contributed by atoms with Gasteiger partial charge < -0.3 is 4.74 Å². The summed E-state index contributed by atoms with van der Waals surface area (Å²) >= 11 is 0. The van der Waals surface area contributed by atoms with Gasteiger partial charge in [-0.1, -0.05) is 23.4 Å². The van der Waals surface area contributed by atoms with Gasteiger partial charge in [-0.05, 0) is 30.9 Å². The maximum absolute atomic E-state index is 12.5. The van der Waals surface area contributed by atoms with E-state index in [2.05, 4.69) is 10.3 Å². The van der Waals surface area contributed by atoms with Gasteiger partial charge in [0, 0.05) is 7.11 Å². The third-order valence-electron chi connectivity index (χ3n) is 3.37. The quantitative estimate of drug-likeness (QED) is 0.767. The van der Waals surface area contributed by atoms with Gasteiger partial charge in [-0.3, -0.25) is 4.79 Å². The van der Waals surface area contributed by atoms with Crippen LogP contribution in [0, 0.1) is 5.92 Å². The van der Waals surface area contributed by atoms with Crippen molar-refractivity contribution < 1.29 is 9.53 Å². The number of para-hydroxylation sites is 1. The second-order valence-corrected chi connectivity index (χ2v) is 4.72. The van der Waals surface area contributed by atoms with Gasteiger partial charge in [0.25, 0.3) is 0 Å². The highest BCUT2D eigenvalue weighted by molar-refractivity contribution is 5.98. The highest BCUT2D eigenvalue weighted by Gasteiger charge is 2.38. The van der Waals surface area contributed by atoms with E-state index in [1.54, 1.807) is 11.8 Å². The third kappa shape index (κ3) is 2.29. The predicted octanol–water partition coefficient (Wildman–Crippen LogP) is 1.87. The third-order valence-corrected chi connectivity index (χ3v) is 3.37. The Morgan fingerprint density at radius 2 is 2.11 bits per heavy atom. The van der Waals surface area contributed by atoms with Crippen LogP contribution in [-0.2, 0) is 4.74 Å². The van der Waals surface area contributed by atoms with Gasteiger partial charge in [-0.25, -0.2) is 4.68 Å².